The predicted molar refractivity (Wildman–Crippen MR) is 67.5 cm³/mol. The summed E-state index contributed by atoms with van der Waals surface area (Å²) in [5.41, 5.74) is 6.54. The number of anilines is 1. The van der Waals surface area contributed by atoms with Crippen molar-refractivity contribution in [3.8, 4) is 0 Å². The first-order valence-electron chi connectivity index (χ1n) is 5.08. The van der Waals surface area contributed by atoms with E-state index < -0.39 is 9.84 Å². The van der Waals surface area contributed by atoms with Crippen LogP contribution in [0.25, 0.3) is 0 Å². The molecule has 6 heteroatoms. The number of benzene rings is 1. The minimum Gasteiger partial charge on any atom is -0.399 e. The first-order chi connectivity index (χ1) is 7.79. The van der Waals surface area contributed by atoms with Crippen molar-refractivity contribution in [2.24, 2.45) is 0 Å². The highest BCUT2D eigenvalue weighted by atomic mass is 32.2. The Hall–Kier alpha value is -1.56. The average Bonchev–Trinajstić information content (AvgIpc) is 2.24. The zero-order valence-electron chi connectivity index (χ0n) is 9.88. The van der Waals surface area contributed by atoms with Gasteiger partial charge in [0.05, 0.1) is 5.75 Å². The number of sulfone groups is 1. The molecule has 0 radical (unpaired) electrons. The van der Waals surface area contributed by atoms with Crippen LogP contribution in [0, 0.1) is 0 Å². The van der Waals surface area contributed by atoms with Crippen molar-refractivity contribution in [3.63, 3.8) is 0 Å². The second kappa shape index (κ2) is 5.18. The monoisotopic (exact) mass is 256 g/mol. The molecule has 0 aromatic heterocycles. The van der Waals surface area contributed by atoms with Crippen molar-refractivity contribution in [3.05, 3.63) is 29.8 Å². The second-order valence-electron chi connectivity index (χ2n) is 3.98. The molecule has 0 saturated carbocycles. The van der Waals surface area contributed by atoms with Gasteiger partial charge in [-0.3, -0.25) is 4.79 Å². The van der Waals surface area contributed by atoms with Crippen LogP contribution in [0.1, 0.15) is 10.4 Å². The minimum absolute atomic E-state index is 0.0441. The fourth-order valence-corrected chi connectivity index (χ4v) is 1.90. The molecule has 0 spiro atoms. The van der Waals surface area contributed by atoms with E-state index >= 15 is 0 Å². The molecule has 2 N–H and O–H groups in total. The van der Waals surface area contributed by atoms with E-state index in [4.69, 9.17) is 5.73 Å². The Kier molecular flexibility index (Phi) is 4.11. The van der Waals surface area contributed by atoms with E-state index in [1.165, 1.54) is 4.90 Å². The van der Waals surface area contributed by atoms with Crippen LogP contribution in [-0.4, -0.2) is 44.8 Å². The van der Waals surface area contributed by atoms with Gasteiger partial charge in [-0.05, 0) is 18.2 Å². The first kappa shape index (κ1) is 13.5. The van der Waals surface area contributed by atoms with Crippen LogP contribution in [-0.2, 0) is 9.84 Å². The summed E-state index contributed by atoms with van der Waals surface area (Å²) >= 11 is 0. The molecule has 0 aliphatic carbocycles. The molecular weight excluding hydrogens is 240 g/mol. The van der Waals surface area contributed by atoms with Crippen LogP contribution in [0.2, 0.25) is 0 Å². The van der Waals surface area contributed by atoms with Gasteiger partial charge in [0.25, 0.3) is 5.91 Å². The van der Waals surface area contributed by atoms with Crippen molar-refractivity contribution in [1.82, 2.24) is 4.90 Å². The number of amides is 1. The van der Waals surface area contributed by atoms with Gasteiger partial charge in [-0.1, -0.05) is 6.07 Å². The van der Waals surface area contributed by atoms with E-state index in [-0.39, 0.29) is 18.2 Å². The number of rotatable bonds is 4. The number of nitrogens with zero attached hydrogens (tertiary/aromatic N) is 1. The van der Waals surface area contributed by atoms with Crippen LogP contribution >= 0.6 is 0 Å². The second-order valence-corrected chi connectivity index (χ2v) is 6.24. The number of hydrogen-bond donors (Lipinski definition) is 1. The van der Waals surface area contributed by atoms with Gasteiger partial charge in [-0.2, -0.15) is 0 Å². The van der Waals surface area contributed by atoms with Gasteiger partial charge in [-0.25, -0.2) is 8.42 Å². The summed E-state index contributed by atoms with van der Waals surface area (Å²) in [5, 5.41) is 0. The van der Waals surface area contributed by atoms with Crippen molar-refractivity contribution in [2.45, 2.75) is 0 Å². The fourth-order valence-electron chi connectivity index (χ4n) is 1.30. The van der Waals surface area contributed by atoms with Crippen LogP contribution in [0.3, 0.4) is 0 Å². The van der Waals surface area contributed by atoms with Gasteiger partial charge in [-0.15, -0.1) is 0 Å². The molecule has 5 nitrogen and oxygen atoms in total. The lowest BCUT2D eigenvalue weighted by molar-refractivity contribution is 0.0803. The molecule has 17 heavy (non-hydrogen) atoms. The third-order valence-electron chi connectivity index (χ3n) is 2.28. The average molecular weight is 256 g/mol. The highest BCUT2D eigenvalue weighted by molar-refractivity contribution is 7.90. The summed E-state index contributed by atoms with van der Waals surface area (Å²) in [5.74, 6) is -0.279. The van der Waals surface area contributed by atoms with Crippen LogP contribution in [0.5, 0.6) is 0 Å². The molecule has 0 heterocycles. The Morgan fingerprint density at radius 1 is 1.41 bits per heavy atom. The van der Waals surface area contributed by atoms with E-state index in [1.807, 2.05) is 0 Å². The topological polar surface area (TPSA) is 80.5 Å². The smallest absolute Gasteiger partial charge is 0.253 e. The quantitative estimate of drug-likeness (QED) is 0.790. The molecule has 1 aromatic rings. The van der Waals surface area contributed by atoms with Crippen molar-refractivity contribution in [1.29, 1.82) is 0 Å². The van der Waals surface area contributed by atoms with Crippen molar-refractivity contribution >= 4 is 21.4 Å². The molecule has 0 bridgehead atoms. The Morgan fingerprint density at radius 3 is 2.59 bits per heavy atom. The Balaban J connectivity index is 2.70. The third kappa shape index (κ3) is 4.44. The standard InChI is InChI=1S/C11H16N2O3S/c1-13(6-7-17(2,15)16)11(14)9-4-3-5-10(12)8-9/h3-5,8H,6-7,12H2,1-2H3. The summed E-state index contributed by atoms with van der Waals surface area (Å²) in [4.78, 5) is 13.3. The molecule has 1 amide bonds. The number of hydrogen-bond acceptors (Lipinski definition) is 4. The van der Waals surface area contributed by atoms with E-state index in [0.29, 0.717) is 11.3 Å². The highest BCUT2D eigenvalue weighted by Gasteiger charge is 2.13. The van der Waals surface area contributed by atoms with Crippen LogP contribution in [0.4, 0.5) is 5.69 Å². The molecule has 0 fully saturated rings. The largest absolute Gasteiger partial charge is 0.399 e. The van der Waals surface area contributed by atoms with Gasteiger partial charge in [0.15, 0.2) is 0 Å². The maximum atomic E-state index is 11.9. The van der Waals surface area contributed by atoms with Crippen molar-refractivity contribution in [2.75, 3.05) is 31.3 Å². The summed E-state index contributed by atoms with van der Waals surface area (Å²) in [6.07, 6.45) is 1.14. The van der Waals surface area contributed by atoms with Gasteiger partial charge in [0.2, 0.25) is 0 Å². The van der Waals surface area contributed by atoms with E-state index in [0.717, 1.165) is 6.26 Å². The lowest BCUT2D eigenvalue weighted by Gasteiger charge is -2.16. The zero-order valence-corrected chi connectivity index (χ0v) is 10.7. The molecule has 0 aliphatic rings. The van der Waals surface area contributed by atoms with Gasteiger partial charge >= 0.3 is 0 Å². The van der Waals surface area contributed by atoms with Crippen LogP contribution in [0.15, 0.2) is 24.3 Å². The third-order valence-corrected chi connectivity index (χ3v) is 3.20. The normalized spacial score (nSPS) is 11.2. The predicted octanol–water partition coefficient (Wildman–Crippen LogP) is 0.385. The Labute approximate surface area is 101 Å². The maximum Gasteiger partial charge on any atom is 0.253 e. The minimum atomic E-state index is -3.06. The summed E-state index contributed by atoms with van der Waals surface area (Å²) < 4.78 is 22.0. The SMILES string of the molecule is CN(CCS(C)(=O)=O)C(=O)c1cccc(N)c1. The zero-order chi connectivity index (χ0) is 13.1. The fraction of sp³-hybridized carbons (Fsp3) is 0.364. The summed E-state index contributed by atoms with van der Waals surface area (Å²) in [7, 11) is -1.50. The Morgan fingerprint density at radius 2 is 2.06 bits per heavy atom. The van der Waals surface area contributed by atoms with Crippen LogP contribution < -0.4 is 5.73 Å². The van der Waals surface area contributed by atoms with E-state index in [2.05, 4.69) is 0 Å². The molecular formula is C11H16N2O3S. The molecule has 0 saturated heterocycles. The molecule has 1 rings (SSSR count). The lowest BCUT2D eigenvalue weighted by Crippen LogP contribution is -2.31. The Bertz CT molecular complexity index is 511. The van der Waals surface area contributed by atoms with Gasteiger partial charge in [0, 0.05) is 31.1 Å². The number of carbonyl (C=O) groups is 1. The van der Waals surface area contributed by atoms with Crippen molar-refractivity contribution < 1.29 is 13.2 Å². The summed E-state index contributed by atoms with van der Waals surface area (Å²) in [6, 6.07) is 6.59. The number of nitrogen functional groups attached to an aromatic ring is 1. The number of nitrogens with two attached hydrogens (primary N) is 1. The molecule has 94 valence electrons. The van der Waals surface area contributed by atoms with E-state index in [9.17, 15) is 13.2 Å². The lowest BCUT2D eigenvalue weighted by atomic mass is 10.2. The first-order valence-corrected chi connectivity index (χ1v) is 7.14. The molecule has 1 aromatic carbocycles. The molecule has 0 unspecified atom stereocenters. The van der Waals surface area contributed by atoms with E-state index in [1.54, 1.807) is 31.3 Å². The highest BCUT2D eigenvalue weighted by Crippen LogP contribution is 2.08. The summed E-state index contributed by atoms with van der Waals surface area (Å²) in [6.45, 7) is 0.173. The maximum absolute atomic E-state index is 11.9. The van der Waals surface area contributed by atoms with Gasteiger partial charge in [0.1, 0.15) is 9.84 Å². The number of carbonyl (C=O) groups excluding carboxylic acids is 1. The molecule has 0 aliphatic heterocycles. The van der Waals surface area contributed by atoms with Gasteiger partial charge < -0.3 is 10.6 Å². The molecule has 0 atom stereocenters.